The van der Waals surface area contributed by atoms with E-state index < -0.39 is 0 Å². The van der Waals surface area contributed by atoms with Gasteiger partial charge in [0, 0.05) is 19.3 Å². The minimum atomic E-state index is -0.380. The lowest BCUT2D eigenvalue weighted by molar-refractivity contribution is 0.0992. The molecule has 0 radical (unpaired) electrons. The van der Waals surface area contributed by atoms with Crippen LogP contribution in [0.3, 0.4) is 0 Å². The molecule has 120 valence electrons. The van der Waals surface area contributed by atoms with Gasteiger partial charge in [0.05, 0.1) is 20.3 Å². The van der Waals surface area contributed by atoms with Crippen molar-refractivity contribution in [2.24, 2.45) is 12.0 Å². The number of hydrogen-bond donors (Lipinski definition) is 0. The number of halogens is 2. The summed E-state index contributed by atoms with van der Waals surface area (Å²) < 4.78 is 4.35. The van der Waals surface area contributed by atoms with Crippen molar-refractivity contribution >= 4 is 50.7 Å². The molecule has 0 saturated carbocycles. The Bertz CT molecular complexity index is 983. The van der Waals surface area contributed by atoms with Crippen LogP contribution in [0.5, 0.6) is 0 Å². The maximum Gasteiger partial charge on any atom is 0.300 e. The summed E-state index contributed by atoms with van der Waals surface area (Å²) in [4.78, 5) is 17.1. The van der Waals surface area contributed by atoms with Crippen LogP contribution in [0.15, 0.2) is 23.2 Å². The van der Waals surface area contributed by atoms with Gasteiger partial charge in [0.2, 0.25) is 0 Å². The van der Waals surface area contributed by atoms with Gasteiger partial charge >= 0.3 is 0 Å². The number of thiazole rings is 1. The Morgan fingerprint density at radius 3 is 2.65 bits per heavy atom. The average molecular weight is 369 g/mol. The Balaban J connectivity index is 2.14. The fourth-order valence-electron chi connectivity index (χ4n) is 2.36. The second-order valence-corrected chi connectivity index (χ2v) is 6.85. The summed E-state index contributed by atoms with van der Waals surface area (Å²) in [6.07, 6.45) is 0. The number of aromatic nitrogens is 3. The van der Waals surface area contributed by atoms with Crippen LogP contribution in [0, 0.1) is 6.92 Å². The molecule has 2 heterocycles. The van der Waals surface area contributed by atoms with Crippen LogP contribution in [0.25, 0.3) is 10.2 Å². The maximum absolute atomic E-state index is 12.4. The first kappa shape index (κ1) is 16.2. The molecule has 0 N–H and O–H groups in total. The van der Waals surface area contributed by atoms with E-state index in [9.17, 15) is 4.79 Å². The van der Waals surface area contributed by atoms with Gasteiger partial charge in [-0.25, -0.2) is 0 Å². The number of nitrogens with zero attached hydrogens (tertiary/aromatic N) is 4. The van der Waals surface area contributed by atoms with Gasteiger partial charge in [0.25, 0.3) is 5.91 Å². The molecule has 0 aliphatic heterocycles. The first-order valence-electron chi connectivity index (χ1n) is 6.99. The normalized spacial score (nSPS) is 12.3. The predicted molar refractivity (Wildman–Crippen MR) is 93.3 cm³/mol. The highest BCUT2D eigenvalue weighted by Gasteiger charge is 2.14. The zero-order valence-corrected chi connectivity index (χ0v) is 15.1. The summed E-state index contributed by atoms with van der Waals surface area (Å²) in [6.45, 7) is 4.59. The molecule has 5 nitrogen and oxygen atoms in total. The van der Waals surface area contributed by atoms with E-state index in [2.05, 4.69) is 10.1 Å². The molecule has 0 spiro atoms. The monoisotopic (exact) mass is 368 g/mol. The molecule has 0 fully saturated rings. The summed E-state index contributed by atoms with van der Waals surface area (Å²) >= 11 is 13.8. The topological polar surface area (TPSA) is 52.2 Å². The van der Waals surface area contributed by atoms with E-state index in [1.54, 1.807) is 27.4 Å². The number of fused-ring (bicyclic) bond motifs is 1. The Hall–Kier alpha value is -1.63. The van der Waals surface area contributed by atoms with Crippen molar-refractivity contribution in [1.82, 2.24) is 14.3 Å². The molecule has 8 heteroatoms. The second-order valence-electron chi connectivity index (χ2n) is 5.05. The van der Waals surface area contributed by atoms with E-state index in [0.717, 1.165) is 15.9 Å². The van der Waals surface area contributed by atoms with E-state index in [-0.39, 0.29) is 5.91 Å². The number of rotatable bonds is 2. The summed E-state index contributed by atoms with van der Waals surface area (Å²) in [5.74, 6) is -0.380. The zero-order valence-electron chi connectivity index (χ0n) is 12.8. The number of amides is 1. The molecule has 0 unspecified atom stereocenters. The predicted octanol–water partition coefficient (Wildman–Crippen LogP) is 3.81. The van der Waals surface area contributed by atoms with Crippen molar-refractivity contribution in [3.05, 3.63) is 44.4 Å². The second kappa shape index (κ2) is 6.11. The van der Waals surface area contributed by atoms with Crippen molar-refractivity contribution in [3.8, 4) is 0 Å². The quantitative estimate of drug-likeness (QED) is 0.690. The largest absolute Gasteiger partial charge is 0.318 e. The summed E-state index contributed by atoms with van der Waals surface area (Å²) in [5, 5.41) is 5.42. The standard InChI is InChI=1S/C15H14Cl2N4OS/c1-4-21-8(2)7-11(19-21)14(22)18-15-20(3)12-9(16)5-6-10(17)13(12)23-15/h5-7H,4H2,1-3H3. The Morgan fingerprint density at radius 2 is 2.04 bits per heavy atom. The smallest absolute Gasteiger partial charge is 0.300 e. The van der Waals surface area contributed by atoms with Gasteiger partial charge < -0.3 is 4.57 Å². The fourth-order valence-corrected chi connectivity index (χ4v) is 4.02. The highest BCUT2D eigenvalue weighted by molar-refractivity contribution is 7.17. The molecule has 3 aromatic rings. The van der Waals surface area contributed by atoms with Crippen molar-refractivity contribution in [2.75, 3.05) is 0 Å². The van der Waals surface area contributed by atoms with E-state index in [1.165, 1.54) is 11.3 Å². The highest BCUT2D eigenvalue weighted by Crippen LogP contribution is 2.31. The molecule has 2 aromatic heterocycles. The Morgan fingerprint density at radius 1 is 1.35 bits per heavy atom. The van der Waals surface area contributed by atoms with Crippen molar-refractivity contribution in [1.29, 1.82) is 0 Å². The third kappa shape index (κ3) is 2.82. The number of carbonyl (C=O) groups excluding carboxylic acids is 1. The summed E-state index contributed by atoms with van der Waals surface area (Å²) in [7, 11) is 1.81. The molecule has 23 heavy (non-hydrogen) atoms. The molecule has 0 saturated heterocycles. The first-order valence-corrected chi connectivity index (χ1v) is 8.56. The third-order valence-corrected chi connectivity index (χ3v) is 5.44. The van der Waals surface area contributed by atoms with Crippen molar-refractivity contribution < 1.29 is 4.79 Å². The minimum Gasteiger partial charge on any atom is -0.318 e. The number of hydrogen-bond acceptors (Lipinski definition) is 3. The van der Waals surface area contributed by atoms with Gasteiger partial charge in [0.1, 0.15) is 0 Å². The molecule has 0 aliphatic rings. The lowest BCUT2D eigenvalue weighted by atomic mass is 10.3. The van der Waals surface area contributed by atoms with Gasteiger partial charge in [-0.15, -0.1) is 0 Å². The van der Waals surface area contributed by atoms with Crippen molar-refractivity contribution in [3.63, 3.8) is 0 Å². The maximum atomic E-state index is 12.4. The van der Waals surface area contributed by atoms with E-state index in [4.69, 9.17) is 23.2 Å². The summed E-state index contributed by atoms with van der Waals surface area (Å²) in [6, 6.07) is 5.21. The van der Waals surface area contributed by atoms with Crippen LogP contribution < -0.4 is 4.80 Å². The minimum absolute atomic E-state index is 0.332. The molecule has 3 rings (SSSR count). The Labute approximate surface area is 146 Å². The lowest BCUT2D eigenvalue weighted by Crippen LogP contribution is -2.14. The molecular weight excluding hydrogens is 355 g/mol. The highest BCUT2D eigenvalue weighted by atomic mass is 35.5. The van der Waals surface area contributed by atoms with E-state index in [0.29, 0.717) is 27.1 Å². The average Bonchev–Trinajstić information content (AvgIpc) is 3.05. The van der Waals surface area contributed by atoms with E-state index >= 15 is 0 Å². The molecular formula is C15H14Cl2N4OS. The van der Waals surface area contributed by atoms with Gasteiger partial charge in [0.15, 0.2) is 10.5 Å². The third-order valence-electron chi connectivity index (χ3n) is 3.55. The van der Waals surface area contributed by atoms with Crippen LogP contribution in [0.1, 0.15) is 23.1 Å². The van der Waals surface area contributed by atoms with Crippen LogP contribution >= 0.6 is 34.5 Å². The Kier molecular flexibility index (Phi) is 4.31. The number of aryl methyl sites for hydroxylation is 3. The lowest BCUT2D eigenvalue weighted by Gasteiger charge is -1.99. The van der Waals surface area contributed by atoms with Crippen LogP contribution in [0.2, 0.25) is 10.0 Å². The first-order chi connectivity index (χ1) is 10.9. The van der Waals surface area contributed by atoms with Crippen LogP contribution in [-0.4, -0.2) is 20.3 Å². The fraction of sp³-hybridized carbons (Fsp3) is 0.267. The van der Waals surface area contributed by atoms with Crippen molar-refractivity contribution in [2.45, 2.75) is 20.4 Å². The molecule has 0 aliphatic carbocycles. The molecule has 1 aromatic carbocycles. The number of benzene rings is 1. The van der Waals surface area contributed by atoms with Gasteiger partial charge in [-0.3, -0.25) is 9.48 Å². The van der Waals surface area contributed by atoms with Crippen LogP contribution in [0.4, 0.5) is 0 Å². The molecule has 0 atom stereocenters. The number of carbonyl (C=O) groups is 1. The van der Waals surface area contributed by atoms with Gasteiger partial charge in [-0.2, -0.15) is 10.1 Å². The summed E-state index contributed by atoms with van der Waals surface area (Å²) in [5.41, 5.74) is 2.03. The SMILES string of the molecule is CCn1nc(C(=O)N=c2sc3c(Cl)ccc(Cl)c3n2C)cc1C. The van der Waals surface area contributed by atoms with E-state index in [1.807, 2.05) is 20.9 Å². The molecule has 1 amide bonds. The zero-order chi connectivity index (χ0) is 16.7. The van der Waals surface area contributed by atoms with Gasteiger partial charge in [-0.05, 0) is 32.0 Å². The van der Waals surface area contributed by atoms with Gasteiger partial charge in [-0.1, -0.05) is 34.5 Å². The van der Waals surface area contributed by atoms with Crippen LogP contribution in [-0.2, 0) is 13.6 Å². The molecule has 0 bridgehead atoms.